The number of hydrogen-bond donors (Lipinski definition) is 0. The Hall–Kier alpha value is -0.870. The standard InChI is InChI=1S/C15H23NO2S/c1-13(2)11-14-3-5-15(6-4-14)12-16-7-9-19(17,18)10-8-16/h3-6,13H,7-12H2,1-2H3. The highest BCUT2D eigenvalue weighted by Crippen LogP contribution is 2.13. The first-order chi connectivity index (χ1) is 8.94. The van der Waals surface area contributed by atoms with Gasteiger partial charge in [0.15, 0.2) is 9.84 Å². The second kappa shape index (κ2) is 6.06. The summed E-state index contributed by atoms with van der Waals surface area (Å²) in [6.07, 6.45) is 1.11. The molecule has 0 spiro atoms. The second-order valence-electron chi connectivity index (χ2n) is 5.84. The lowest BCUT2D eigenvalue weighted by molar-refractivity contribution is 0.287. The Morgan fingerprint density at radius 2 is 1.58 bits per heavy atom. The molecule has 0 amide bonds. The fraction of sp³-hybridized carbons (Fsp3) is 0.600. The number of sulfone groups is 1. The van der Waals surface area contributed by atoms with Crippen LogP contribution in [0.3, 0.4) is 0 Å². The van der Waals surface area contributed by atoms with Crippen LogP contribution in [0.25, 0.3) is 0 Å². The van der Waals surface area contributed by atoms with Gasteiger partial charge in [0.2, 0.25) is 0 Å². The molecule has 0 atom stereocenters. The third kappa shape index (κ3) is 4.62. The lowest BCUT2D eigenvalue weighted by atomic mass is 10.0. The molecular formula is C15H23NO2S. The van der Waals surface area contributed by atoms with Gasteiger partial charge in [-0.05, 0) is 23.5 Å². The van der Waals surface area contributed by atoms with Crippen molar-refractivity contribution < 1.29 is 8.42 Å². The van der Waals surface area contributed by atoms with E-state index in [0.717, 1.165) is 13.0 Å². The van der Waals surface area contributed by atoms with Gasteiger partial charge >= 0.3 is 0 Å². The van der Waals surface area contributed by atoms with Gasteiger partial charge < -0.3 is 0 Å². The van der Waals surface area contributed by atoms with Crippen LogP contribution in [-0.2, 0) is 22.8 Å². The van der Waals surface area contributed by atoms with Crippen LogP contribution >= 0.6 is 0 Å². The predicted octanol–water partition coefficient (Wildman–Crippen LogP) is 2.12. The molecule has 3 nitrogen and oxygen atoms in total. The third-order valence-corrected chi connectivity index (χ3v) is 5.12. The molecule has 0 aromatic heterocycles. The molecule has 0 aliphatic carbocycles. The van der Waals surface area contributed by atoms with Crippen LogP contribution in [0.1, 0.15) is 25.0 Å². The Balaban J connectivity index is 1.90. The molecule has 1 saturated heterocycles. The summed E-state index contributed by atoms with van der Waals surface area (Å²) in [6.45, 7) is 6.63. The van der Waals surface area contributed by atoms with E-state index in [0.29, 0.717) is 30.5 Å². The summed E-state index contributed by atoms with van der Waals surface area (Å²) < 4.78 is 22.7. The lowest BCUT2D eigenvalue weighted by Crippen LogP contribution is -2.39. The Bertz CT molecular complexity index is 491. The van der Waals surface area contributed by atoms with Crippen molar-refractivity contribution in [2.45, 2.75) is 26.8 Å². The van der Waals surface area contributed by atoms with Crippen molar-refractivity contribution >= 4 is 9.84 Å². The van der Waals surface area contributed by atoms with Crippen molar-refractivity contribution in [3.63, 3.8) is 0 Å². The second-order valence-corrected chi connectivity index (χ2v) is 8.15. The monoisotopic (exact) mass is 281 g/mol. The zero-order valence-electron chi connectivity index (χ0n) is 11.8. The summed E-state index contributed by atoms with van der Waals surface area (Å²) in [4.78, 5) is 2.22. The van der Waals surface area contributed by atoms with E-state index in [1.165, 1.54) is 11.1 Å². The van der Waals surface area contributed by atoms with Gasteiger partial charge in [0.25, 0.3) is 0 Å². The van der Waals surface area contributed by atoms with E-state index in [4.69, 9.17) is 0 Å². The predicted molar refractivity (Wildman–Crippen MR) is 78.9 cm³/mol. The van der Waals surface area contributed by atoms with E-state index in [9.17, 15) is 8.42 Å². The zero-order chi connectivity index (χ0) is 13.9. The van der Waals surface area contributed by atoms with Crippen LogP contribution < -0.4 is 0 Å². The minimum atomic E-state index is -2.77. The molecule has 0 unspecified atom stereocenters. The van der Waals surface area contributed by atoms with Crippen LogP contribution in [0.2, 0.25) is 0 Å². The molecule has 0 saturated carbocycles. The maximum absolute atomic E-state index is 11.4. The smallest absolute Gasteiger partial charge is 0.152 e. The fourth-order valence-corrected chi connectivity index (χ4v) is 3.70. The average Bonchev–Trinajstić information content (AvgIpc) is 2.34. The maximum Gasteiger partial charge on any atom is 0.152 e. The molecule has 19 heavy (non-hydrogen) atoms. The van der Waals surface area contributed by atoms with E-state index >= 15 is 0 Å². The Kier molecular flexibility index (Phi) is 4.63. The summed E-state index contributed by atoms with van der Waals surface area (Å²) >= 11 is 0. The molecule has 1 fully saturated rings. The van der Waals surface area contributed by atoms with Crippen LogP contribution in [0.15, 0.2) is 24.3 Å². The van der Waals surface area contributed by atoms with Crippen molar-refractivity contribution in [3.05, 3.63) is 35.4 Å². The Morgan fingerprint density at radius 1 is 1.05 bits per heavy atom. The van der Waals surface area contributed by atoms with Gasteiger partial charge in [-0.25, -0.2) is 8.42 Å². The first-order valence-electron chi connectivity index (χ1n) is 6.95. The van der Waals surface area contributed by atoms with Crippen LogP contribution in [-0.4, -0.2) is 37.9 Å². The summed E-state index contributed by atoms with van der Waals surface area (Å²) in [5, 5.41) is 0. The Morgan fingerprint density at radius 3 is 2.11 bits per heavy atom. The molecule has 1 aromatic carbocycles. The molecule has 0 bridgehead atoms. The largest absolute Gasteiger partial charge is 0.297 e. The van der Waals surface area contributed by atoms with Gasteiger partial charge in [0.1, 0.15) is 0 Å². The zero-order valence-corrected chi connectivity index (χ0v) is 12.6. The van der Waals surface area contributed by atoms with E-state index in [1.54, 1.807) is 0 Å². The molecular weight excluding hydrogens is 258 g/mol. The Labute approximate surface area is 116 Å². The van der Waals surface area contributed by atoms with Crippen molar-refractivity contribution in [1.82, 2.24) is 4.90 Å². The molecule has 4 heteroatoms. The minimum Gasteiger partial charge on any atom is -0.297 e. The van der Waals surface area contributed by atoms with Crippen LogP contribution in [0, 0.1) is 5.92 Å². The molecule has 106 valence electrons. The molecule has 1 aliphatic rings. The van der Waals surface area contributed by atoms with E-state index in [2.05, 4.69) is 43.0 Å². The quantitative estimate of drug-likeness (QED) is 0.848. The summed E-state index contributed by atoms with van der Waals surface area (Å²) in [5.41, 5.74) is 2.65. The van der Waals surface area contributed by atoms with Crippen molar-refractivity contribution in [1.29, 1.82) is 0 Å². The van der Waals surface area contributed by atoms with Crippen molar-refractivity contribution in [2.75, 3.05) is 24.6 Å². The van der Waals surface area contributed by atoms with E-state index in [-0.39, 0.29) is 0 Å². The van der Waals surface area contributed by atoms with E-state index in [1.807, 2.05) is 0 Å². The third-order valence-electron chi connectivity index (χ3n) is 3.51. The summed E-state index contributed by atoms with van der Waals surface area (Å²) in [5.74, 6) is 1.29. The van der Waals surface area contributed by atoms with E-state index < -0.39 is 9.84 Å². The van der Waals surface area contributed by atoms with Gasteiger partial charge in [0.05, 0.1) is 11.5 Å². The van der Waals surface area contributed by atoms with Crippen LogP contribution in [0.5, 0.6) is 0 Å². The molecule has 1 heterocycles. The van der Waals surface area contributed by atoms with Crippen molar-refractivity contribution in [2.24, 2.45) is 5.92 Å². The highest BCUT2D eigenvalue weighted by molar-refractivity contribution is 7.91. The van der Waals surface area contributed by atoms with Gasteiger partial charge in [-0.2, -0.15) is 0 Å². The number of nitrogens with zero attached hydrogens (tertiary/aromatic N) is 1. The number of hydrogen-bond acceptors (Lipinski definition) is 3. The van der Waals surface area contributed by atoms with Crippen LogP contribution in [0.4, 0.5) is 0 Å². The highest BCUT2D eigenvalue weighted by atomic mass is 32.2. The van der Waals surface area contributed by atoms with Gasteiger partial charge in [0, 0.05) is 19.6 Å². The minimum absolute atomic E-state index is 0.304. The molecule has 0 radical (unpaired) electrons. The topological polar surface area (TPSA) is 37.4 Å². The summed E-state index contributed by atoms with van der Waals surface area (Å²) in [7, 11) is -2.77. The molecule has 2 rings (SSSR count). The molecule has 0 N–H and O–H groups in total. The first-order valence-corrected chi connectivity index (χ1v) is 8.77. The average molecular weight is 281 g/mol. The summed E-state index contributed by atoms with van der Waals surface area (Å²) in [6, 6.07) is 8.72. The SMILES string of the molecule is CC(C)Cc1ccc(CN2CCS(=O)(=O)CC2)cc1. The van der Waals surface area contributed by atoms with Gasteiger partial charge in [-0.3, -0.25) is 4.90 Å². The van der Waals surface area contributed by atoms with Gasteiger partial charge in [-0.1, -0.05) is 38.1 Å². The fourth-order valence-electron chi connectivity index (χ4n) is 2.42. The number of rotatable bonds is 4. The van der Waals surface area contributed by atoms with Gasteiger partial charge in [-0.15, -0.1) is 0 Å². The normalized spacial score (nSPS) is 19.7. The highest BCUT2D eigenvalue weighted by Gasteiger charge is 2.21. The van der Waals surface area contributed by atoms with Crippen molar-refractivity contribution in [3.8, 4) is 0 Å². The lowest BCUT2D eigenvalue weighted by Gasteiger charge is -2.26. The first kappa shape index (κ1) is 14.5. The molecule has 1 aliphatic heterocycles. The number of benzene rings is 1. The maximum atomic E-state index is 11.4. The molecule has 1 aromatic rings.